The summed E-state index contributed by atoms with van der Waals surface area (Å²) < 4.78 is 28.0. The van der Waals surface area contributed by atoms with Crippen LogP contribution in [-0.2, 0) is 12.3 Å². The number of aryl methyl sites for hydroxylation is 1. The molecule has 0 amide bonds. The first-order chi connectivity index (χ1) is 10.4. The molecule has 0 unspecified atom stereocenters. The highest BCUT2D eigenvalue weighted by Crippen LogP contribution is 2.33. The van der Waals surface area contributed by atoms with E-state index in [0.717, 1.165) is 18.4 Å². The monoisotopic (exact) mass is 315 g/mol. The number of rotatable bonds is 10. The lowest BCUT2D eigenvalue weighted by molar-refractivity contribution is -0.0157. The Morgan fingerprint density at radius 3 is 2.09 bits per heavy atom. The quantitative estimate of drug-likeness (QED) is 0.582. The molecule has 1 rings (SSSR count). The number of benzene rings is 1. The van der Waals surface area contributed by atoms with Crippen LogP contribution in [0.1, 0.15) is 50.2 Å². The maximum atomic E-state index is 14.0. The Balaban J connectivity index is 2.62. The number of nitrogens with two attached hydrogens (primary N) is 1. The zero-order chi connectivity index (χ0) is 16.6. The molecule has 1 aromatic rings. The minimum Gasteiger partial charge on any atom is -0.394 e. The molecule has 1 aromatic carbocycles. The van der Waals surface area contributed by atoms with E-state index in [1.807, 2.05) is 6.92 Å². The van der Waals surface area contributed by atoms with Crippen LogP contribution in [0.5, 0.6) is 0 Å². The molecule has 3 nitrogen and oxygen atoms in total. The van der Waals surface area contributed by atoms with Gasteiger partial charge in [0.2, 0.25) is 0 Å². The number of alkyl halides is 2. The van der Waals surface area contributed by atoms with Crippen molar-refractivity contribution in [3.05, 3.63) is 35.4 Å². The van der Waals surface area contributed by atoms with Gasteiger partial charge in [-0.25, -0.2) is 8.78 Å². The molecule has 22 heavy (non-hydrogen) atoms. The van der Waals surface area contributed by atoms with Crippen LogP contribution in [0.2, 0.25) is 0 Å². The second kappa shape index (κ2) is 8.56. The number of halogens is 2. The first kappa shape index (κ1) is 19.0. The fraction of sp³-hybridized carbons (Fsp3) is 0.647. The van der Waals surface area contributed by atoms with E-state index in [4.69, 9.17) is 15.9 Å². The smallest absolute Gasteiger partial charge is 0.273 e. The van der Waals surface area contributed by atoms with Gasteiger partial charge in [-0.1, -0.05) is 44.0 Å². The summed E-state index contributed by atoms with van der Waals surface area (Å²) in [5, 5.41) is 18.3. The minimum absolute atomic E-state index is 0.0377. The van der Waals surface area contributed by atoms with E-state index in [1.165, 1.54) is 12.1 Å². The molecule has 0 fully saturated rings. The molecule has 5 heteroatoms. The van der Waals surface area contributed by atoms with E-state index in [0.29, 0.717) is 19.3 Å². The molecule has 0 saturated heterocycles. The second-order valence-electron chi connectivity index (χ2n) is 6.04. The third kappa shape index (κ3) is 5.63. The van der Waals surface area contributed by atoms with Crippen LogP contribution in [0.3, 0.4) is 0 Å². The van der Waals surface area contributed by atoms with Crippen LogP contribution in [0.25, 0.3) is 0 Å². The summed E-state index contributed by atoms with van der Waals surface area (Å²) in [6.45, 7) is 1.37. The van der Waals surface area contributed by atoms with E-state index in [1.54, 1.807) is 12.1 Å². The summed E-state index contributed by atoms with van der Waals surface area (Å²) >= 11 is 0. The lowest BCUT2D eigenvalue weighted by atomic mass is 9.93. The van der Waals surface area contributed by atoms with Crippen LogP contribution in [0.4, 0.5) is 8.78 Å². The molecule has 0 aliphatic rings. The number of aliphatic hydroxyl groups is 2. The van der Waals surface area contributed by atoms with Gasteiger partial charge in [0.05, 0.1) is 18.8 Å². The molecule has 0 spiro atoms. The van der Waals surface area contributed by atoms with Crippen LogP contribution in [0.15, 0.2) is 24.3 Å². The highest BCUT2D eigenvalue weighted by molar-refractivity contribution is 5.26. The van der Waals surface area contributed by atoms with Crippen molar-refractivity contribution in [1.82, 2.24) is 0 Å². The molecule has 126 valence electrons. The van der Waals surface area contributed by atoms with E-state index in [2.05, 4.69) is 0 Å². The largest absolute Gasteiger partial charge is 0.394 e. The Morgan fingerprint density at radius 1 is 1.00 bits per heavy atom. The summed E-state index contributed by atoms with van der Waals surface area (Å²) in [6, 6.07) is 6.24. The average Bonchev–Trinajstić information content (AvgIpc) is 2.53. The number of aliphatic hydroxyl groups excluding tert-OH is 2. The highest BCUT2D eigenvalue weighted by Gasteiger charge is 2.30. The fourth-order valence-electron chi connectivity index (χ4n) is 2.26. The Labute approximate surface area is 131 Å². The van der Waals surface area contributed by atoms with Crippen molar-refractivity contribution in [2.24, 2.45) is 5.73 Å². The third-order valence-electron chi connectivity index (χ3n) is 4.01. The van der Waals surface area contributed by atoms with E-state index >= 15 is 0 Å². The standard InChI is InChI=1S/C17H27F2NO2/c1-2-3-4-10-17(18,19)15-7-5-14(6-8-15)9-11-16(20,12-21)13-22/h5-8,21-22H,2-4,9-13,20H2,1H3. The van der Waals surface area contributed by atoms with Crippen LogP contribution in [-0.4, -0.2) is 29.0 Å². The normalized spacial score (nSPS) is 12.6. The van der Waals surface area contributed by atoms with Gasteiger partial charge in [0.1, 0.15) is 0 Å². The molecular formula is C17H27F2NO2. The molecule has 0 radical (unpaired) electrons. The van der Waals surface area contributed by atoms with Gasteiger partial charge in [-0.05, 0) is 24.8 Å². The van der Waals surface area contributed by atoms with Gasteiger partial charge in [0, 0.05) is 12.0 Å². The molecule has 0 atom stereocenters. The second-order valence-corrected chi connectivity index (χ2v) is 6.04. The maximum absolute atomic E-state index is 14.0. The molecular weight excluding hydrogens is 288 g/mol. The van der Waals surface area contributed by atoms with Gasteiger partial charge in [-0.15, -0.1) is 0 Å². The SMILES string of the molecule is CCCCCC(F)(F)c1ccc(CCC(N)(CO)CO)cc1. The van der Waals surface area contributed by atoms with Crippen molar-refractivity contribution >= 4 is 0 Å². The van der Waals surface area contributed by atoms with Crippen molar-refractivity contribution in [3.8, 4) is 0 Å². The van der Waals surface area contributed by atoms with Crippen LogP contribution < -0.4 is 5.73 Å². The van der Waals surface area contributed by atoms with Crippen LogP contribution in [0, 0.1) is 0 Å². The van der Waals surface area contributed by atoms with Crippen molar-refractivity contribution in [3.63, 3.8) is 0 Å². The number of hydrogen-bond acceptors (Lipinski definition) is 3. The molecule has 0 bridgehead atoms. The van der Waals surface area contributed by atoms with Gasteiger partial charge in [-0.3, -0.25) is 0 Å². The summed E-state index contributed by atoms with van der Waals surface area (Å²) in [4.78, 5) is 0. The molecule has 0 aromatic heterocycles. The summed E-state index contributed by atoms with van der Waals surface area (Å²) in [5.74, 6) is -2.79. The van der Waals surface area contributed by atoms with Crippen molar-refractivity contribution in [2.45, 2.75) is 56.9 Å². The Bertz CT molecular complexity index is 431. The van der Waals surface area contributed by atoms with Crippen molar-refractivity contribution in [1.29, 1.82) is 0 Å². The molecule has 0 aliphatic heterocycles. The van der Waals surface area contributed by atoms with E-state index < -0.39 is 11.5 Å². The van der Waals surface area contributed by atoms with Gasteiger partial charge >= 0.3 is 0 Å². The van der Waals surface area contributed by atoms with Gasteiger partial charge in [-0.2, -0.15) is 0 Å². The van der Waals surface area contributed by atoms with Gasteiger partial charge in [0.25, 0.3) is 5.92 Å². The first-order valence-corrected chi connectivity index (χ1v) is 7.85. The lowest BCUT2D eigenvalue weighted by Gasteiger charge is -2.24. The maximum Gasteiger partial charge on any atom is 0.273 e. The summed E-state index contributed by atoms with van der Waals surface area (Å²) in [6.07, 6.45) is 3.06. The van der Waals surface area contributed by atoms with Crippen LogP contribution >= 0.6 is 0 Å². The predicted molar refractivity (Wildman–Crippen MR) is 83.9 cm³/mol. The Kier molecular flexibility index (Phi) is 7.39. The molecule has 0 heterocycles. The van der Waals surface area contributed by atoms with Crippen molar-refractivity contribution < 1.29 is 19.0 Å². The Morgan fingerprint density at radius 2 is 1.59 bits per heavy atom. The minimum atomic E-state index is -2.79. The lowest BCUT2D eigenvalue weighted by Crippen LogP contribution is -2.47. The first-order valence-electron chi connectivity index (χ1n) is 7.85. The summed E-state index contributed by atoms with van der Waals surface area (Å²) in [5.41, 5.74) is 5.67. The molecule has 4 N–H and O–H groups in total. The average molecular weight is 315 g/mol. The predicted octanol–water partition coefficient (Wildman–Crippen LogP) is 2.97. The van der Waals surface area contributed by atoms with Crippen molar-refractivity contribution in [2.75, 3.05) is 13.2 Å². The molecule has 0 saturated carbocycles. The van der Waals surface area contributed by atoms with E-state index in [9.17, 15) is 8.78 Å². The van der Waals surface area contributed by atoms with E-state index in [-0.39, 0.29) is 25.2 Å². The topological polar surface area (TPSA) is 66.5 Å². The fourth-order valence-corrected chi connectivity index (χ4v) is 2.26. The number of hydrogen-bond donors (Lipinski definition) is 3. The van der Waals surface area contributed by atoms with Gasteiger partial charge < -0.3 is 15.9 Å². The summed E-state index contributed by atoms with van der Waals surface area (Å²) in [7, 11) is 0. The zero-order valence-electron chi connectivity index (χ0n) is 13.2. The molecule has 0 aliphatic carbocycles. The Hall–Kier alpha value is -1.04. The number of unbranched alkanes of at least 4 members (excludes halogenated alkanes) is 2. The zero-order valence-corrected chi connectivity index (χ0v) is 13.2. The third-order valence-corrected chi connectivity index (χ3v) is 4.01. The highest BCUT2D eigenvalue weighted by atomic mass is 19.3. The van der Waals surface area contributed by atoms with Gasteiger partial charge in [0.15, 0.2) is 0 Å².